The smallest absolute Gasteiger partial charge is 0.309 e. The Kier molecular flexibility index (Phi) is 3.92. The molecule has 0 saturated carbocycles. The van der Waals surface area contributed by atoms with E-state index in [2.05, 4.69) is 27.7 Å². The Morgan fingerprint density at radius 1 is 1.41 bits per heavy atom. The summed E-state index contributed by atoms with van der Waals surface area (Å²) in [7, 11) is 0. The highest BCUT2D eigenvalue weighted by atomic mass is 16.6. The molecular formula is C14H26O3. The van der Waals surface area contributed by atoms with Crippen molar-refractivity contribution in [1.82, 2.24) is 0 Å². The number of carboxylic acids is 1. The van der Waals surface area contributed by atoms with Crippen LogP contribution in [0.4, 0.5) is 0 Å². The Balaban J connectivity index is 2.74. The maximum absolute atomic E-state index is 11.2. The van der Waals surface area contributed by atoms with Crippen LogP contribution in [0.15, 0.2) is 0 Å². The number of carbonyl (C=O) groups is 1. The van der Waals surface area contributed by atoms with E-state index in [9.17, 15) is 9.90 Å². The van der Waals surface area contributed by atoms with Gasteiger partial charge in [-0.3, -0.25) is 4.79 Å². The lowest BCUT2D eigenvalue weighted by atomic mass is 9.67. The molecule has 1 heterocycles. The average Bonchev–Trinajstić information content (AvgIpc) is 2.93. The molecule has 4 unspecified atom stereocenters. The Morgan fingerprint density at radius 2 is 1.88 bits per heavy atom. The number of epoxide rings is 1. The largest absolute Gasteiger partial charge is 0.481 e. The van der Waals surface area contributed by atoms with Gasteiger partial charge in [-0.25, -0.2) is 0 Å². The highest BCUT2D eigenvalue weighted by Crippen LogP contribution is 2.49. The highest BCUT2D eigenvalue weighted by molar-refractivity contribution is 5.73. The van der Waals surface area contributed by atoms with E-state index in [1.807, 2.05) is 0 Å². The topological polar surface area (TPSA) is 49.8 Å². The molecule has 0 radical (unpaired) electrons. The summed E-state index contributed by atoms with van der Waals surface area (Å²) >= 11 is 0. The number of rotatable bonds is 6. The second-order valence-corrected chi connectivity index (χ2v) is 6.42. The van der Waals surface area contributed by atoms with E-state index < -0.39 is 11.4 Å². The van der Waals surface area contributed by atoms with Gasteiger partial charge >= 0.3 is 5.97 Å². The van der Waals surface area contributed by atoms with Crippen molar-refractivity contribution in [3.05, 3.63) is 0 Å². The van der Waals surface area contributed by atoms with Gasteiger partial charge in [0.15, 0.2) is 0 Å². The van der Waals surface area contributed by atoms with Crippen molar-refractivity contribution in [2.75, 3.05) is 0 Å². The quantitative estimate of drug-likeness (QED) is 0.727. The minimum atomic E-state index is -0.715. The lowest BCUT2D eigenvalue weighted by Crippen LogP contribution is -2.37. The summed E-state index contributed by atoms with van der Waals surface area (Å²) in [5.74, 6) is -0.374. The first kappa shape index (κ1) is 14.5. The molecule has 0 aromatic heterocycles. The molecule has 100 valence electrons. The van der Waals surface area contributed by atoms with Crippen molar-refractivity contribution in [3.63, 3.8) is 0 Å². The van der Waals surface area contributed by atoms with Gasteiger partial charge in [-0.1, -0.05) is 20.8 Å². The highest BCUT2D eigenvalue weighted by Gasteiger charge is 2.52. The van der Waals surface area contributed by atoms with Crippen LogP contribution in [0.5, 0.6) is 0 Å². The zero-order valence-corrected chi connectivity index (χ0v) is 11.9. The van der Waals surface area contributed by atoms with Crippen molar-refractivity contribution in [1.29, 1.82) is 0 Å². The van der Waals surface area contributed by atoms with Crippen LogP contribution in [0, 0.1) is 16.7 Å². The van der Waals surface area contributed by atoms with Crippen LogP contribution in [0.3, 0.4) is 0 Å². The monoisotopic (exact) mass is 242 g/mol. The number of carboxylic acid groups (broad SMARTS) is 1. The standard InChI is InChI=1S/C14H26O3/c1-7-14(6,11-10(3)17-11)9(2)8-13(4,5)12(15)16/h9-11H,7-8H2,1-6H3,(H,15,16). The molecule has 1 saturated heterocycles. The van der Waals surface area contributed by atoms with Gasteiger partial charge in [-0.15, -0.1) is 0 Å². The summed E-state index contributed by atoms with van der Waals surface area (Å²) in [5, 5.41) is 9.20. The van der Waals surface area contributed by atoms with Crippen LogP contribution in [-0.4, -0.2) is 23.3 Å². The predicted octanol–water partition coefficient (Wildman–Crippen LogP) is 3.33. The lowest BCUT2D eigenvalue weighted by molar-refractivity contribution is -0.148. The van der Waals surface area contributed by atoms with Crippen LogP contribution in [0.25, 0.3) is 0 Å². The van der Waals surface area contributed by atoms with Gasteiger partial charge in [-0.05, 0) is 44.9 Å². The first-order valence-corrected chi connectivity index (χ1v) is 6.54. The molecule has 3 nitrogen and oxygen atoms in total. The molecule has 4 atom stereocenters. The van der Waals surface area contributed by atoms with Gasteiger partial charge in [-0.2, -0.15) is 0 Å². The van der Waals surface area contributed by atoms with Gasteiger partial charge in [0.25, 0.3) is 0 Å². The van der Waals surface area contributed by atoms with Crippen molar-refractivity contribution in [3.8, 4) is 0 Å². The first-order valence-electron chi connectivity index (χ1n) is 6.54. The zero-order chi connectivity index (χ0) is 13.4. The molecular weight excluding hydrogens is 216 g/mol. The molecule has 17 heavy (non-hydrogen) atoms. The predicted molar refractivity (Wildman–Crippen MR) is 67.9 cm³/mol. The van der Waals surface area contributed by atoms with E-state index in [0.717, 1.165) is 6.42 Å². The van der Waals surface area contributed by atoms with Gasteiger partial charge in [0.2, 0.25) is 0 Å². The molecule has 1 aliphatic rings. The Labute approximate surface area is 105 Å². The van der Waals surface area contributed by atoms with Crippen LogP contribution >= 0.6 is 0 Å². The van der Waals surface area contributed by atoms with E-state index in [4.69, 9.17) is 4.74 Å². The van der Waals surface area contributed by atoms with Crippen molar-refractivity contribution in [2.24, 2.45) is 16.7 Å². The molecule has 3 heteroatoms. The zero-order valence-electron chi connectivity index (χ0n) is 11.9. The van der Waals surface area contributed by atoms with Gasteiger partial charge in [0, 0.05) is 0 Å². The summed E-state index contributed by atoms with van der Waals surface area (Å²) < 4.78 is 5.62. The summed E-state index contributed by atoms with van der Waals surface area (Å²) in [6.07, 6.45) is 2.35. The molecule has 0 aromatic rings. The fraction of sp³-hybridized carbons (Fsp3) is 0.929. The molecule has 1 rings (SSSR count). The van der Waals surface area contributed by atoms with E-state index in [0.29, 0.717) is 24.5 Å². The molecule has 0 aromatic carbocycles. The molecule has 1 N–H and O–H groups in total. The Bertz CT molecular complexity index is 298. The van der Waals surface area contributed by atoms with Gasteiger partial charge < -0.3 is 9.84 Å². The fourth-order valence-electron chi connectivity index (χ4n) is 2.79. The summed E-state index contributed by atoms with van der Waals surface area (Å²) in [6, 6.07) is 0. The van der Waals surface area contributed by atoms with E-state index in [1.54, 1.807) is 13.8 Å². The molecule has 0 amide bonds. The number of hydrogen-bond acceptors (Lipinski definition) is 2. The van der Waals surface area contributed by atoms with Crippen LogP contribution in [0.1, 0.15) is 54.4 Å². The second kappa shape index (κ2) is 4.60. The van der Waals surface area contributed by atoms with Crippen LogP contribution in [0.2, 0.25) is 0 Å². The molecule has 0 aliphatic carbocycles. The summed E-state index contributed by atoms with van der Waals surface area (Å²) in [4.78, 5) is 11.2. The third-order valence-corrected chi connectivity index (χ3v) is 4.64. The third-order valence-electron chi connectivity index (χ3n) is 4.64. The van der Waals surface area contributed by atoms with Crippen LogP contribution in [-0.2, 0) is 9.53 Å². The first-order chi connectivity index (χ1) is 7.65. The van der Waals surface area contributed by atoms with Gasteiger partial charge in [0.1, 0.15) is 0 Å². The molecule has 1 aliphatic heterocycles. The van der Waals surface area contributed by atoms with Gasteiger partial charge in [0.05, 0.1) is 17.6 Å². The average molecular weight is 242 g/mol. The number of hydrogen-bond donors (Lipinski definition) is 1. The molecule has 0 spiro atoms. The minimum Gasteiger partial charge on any atom is -0.481 e. The molecule has 1 fully saturated rings. The normalized spacial score (nSPS) is 29.5. The van der Waals surface area contributed by atoms with E-state index >= 15 is 0 Å². The Morgan fingerprint density at radius 3 is 2.18 bits per heavy atom. The van der Waals surface area contributed by atoms with Crippen molar-refractivity contribution in [2.45, 2.75) is 66.6 Å². The fourth-order valence-corrected chi connectivity index (χ4v) is 2.79. The van der Waals surface area contributed by atoms with E-state index in [1.165, 1.54) is 0 Å². The number of ether oxygens (including phenoxy) is 1. The van der Waals surface area contributed by atoms with Crippen molar-refractivity contribution < 1.29 is 14.6 Å². The minimum absolute atomic E-state index is 0.0894. The van der Waals surface area contributed by atoms with Crippen molar-refractivity contribution >= 4 is 5.97 Å². The third kappa shape index (κ3) is 2.82. The maximum atomic E-state index is 11.2. The maximum Gasteiger partial charge on any atom is 0.309 e. The molecule has 0 bridgehead atoms. The summed E-state index contributed by atoms with van der Waals surface area (Å²) in [5.41, 5.74) is -0.569. The second-order valence-electron chi connectivity index (χ2n) is 6.42. The summed E-state index contributed by atoms with van der Waals surface area (Å²) in [6.45, 7) is 12.2. The lowest BCUT2D eigenvalue weighted by Gasteiger charge is -2.37. The SMILES string of the molecule is CCC(C)(C(C)CC(C)(C)C(=O)O)C1OC1C. The number of aliphatic carboxylic acids is 1. The Hall–Kier alpha value is -0.570. The van der Waals surface area contributed by atoms with E-state index in [-0.39, 0.29) is 5.41 Å². The van der Waals surface area contributed by atoms with Crippen LogP contribution < -0.4 is 0 Å².